The van der Waals surface area contributed by atoms with Gasteiger partial charge in [0.1, 0.15) is 5.82 Å². The molecule has 2 aromatic rings. The number of carbonyl (C=O) groups is 1. The topological polar surface area (TPSA) is 58.4 Å². The molecule has 0 spiro atoms. The normalized spacial score (nSPS) is 24.9. The minimum Gasteiger partial charge on any atom is -0.481 e. The lowest BCUT2D eigenvalue weighted by Gasteiger charge is -2.41. The Bertz CT molecular complexity index is 719. The van der Waals surface area contributed by atoms with Crippen molar-refractivity contribution in [2.24, 2.45) is 5.92 Å². The summed E-state index contributed by atoms with van der Waals surface area (Å²) < 4.78 is 15.0. The van der Waals surface area contributed by atoms with E-state index in [0.717, 1.165) is 5.69 Å². The van der Waals surface area contributed by atoms with Gasteiger partial charge in [-0.15, -0.1) is 0 Å². The van der Waals surface area contributed by atoms with Crippen molar-refractivity contribution in [1.29, 1.82) is 0 Å². The van der Waals surface area contributed by atoms with E-state index in [4.69, 9.17) is 0 Å². The number of benzene rings is 1. The van der Waals surface area contributed by atoms with Crippen LogP contribution in [0.3, 0.4) is 0 Å². The van der Waals surface area contributed by atoms with Gasteiger partial charge >= 0.3 is 5.97 Å². The minimum atomic E-state index is -0.705. The van der Waals surface area contributed by atoms with Crippen molar-refractivity contribution in [2.75, 3.05) is 0 Å². The minimum absolute atomic E-state index is 0.189. The first-order chi connectivity index (χ1) is 11.4. The third-order valence-electron chi connectivity index (χ3n) is 4.79. The average Bonchev–Trinajstić information content (AvgIpc) is 2.99. The number of rotatable bonds is 4. The molecule has 1 saturated heterocycles. The monoisotopic (exact) mass is 331 g/mol. The Morgan fingerprint density at radius 3 is 2.62 bits per heavy atom. The van der Waals surface area contributed by atoms with Crippen molar-refractivity contribution >= 4 is 5.97 Å². The molecule has 1 aromatic carbocycles. The van der Waals surface area contributed by atoms with Gasteiger partial charge in [0.05, 0.1) is 17.3 Å². The Morgan fingerprint density at radius 1 is 1.29 bits per heavy atom. The van der Waals surface area contributed by atoms with Gasteiger partial charge in [0.25, 0.3) is 0 Å². The SMILES string of the molecule is CC1CC(C(=O)O)CC(C)N1Cc1ccn(-c2cccc(F)c2)n1. The second kappa shape index (κ2) is 6.73. The molecule has 0 saturated carbocycles. The molecule has 0 radical (unpaired) electrons. The van der Waals surface area contributed by atoms with E-state index in [1.807, 2.05) is 18.3 Å². The van der Waals surface area contributed by atoms with Gasteiger partial charge in [-0.25, -0.2) is 9.07 Å². The molecule has 1 fully saturated rings. The number of likely N-dealkylation sites (tertiary alicyclic amines) is 1. The first kappa shape index (κ1) is 16.6. The molecule has 1 aliphatic heterocycles. The maximum Gasteiger partial charge on any atom is 0.306 e. The number of hydrogen-bond donors (Lipinski definition) is 1. The quantitative estimate of drug-likeness (QED) is 0.935. The Labute approximate surface area is 140 Å². The zero-order valence-corrected chi connectivity index (χ0v) is 13.9. The second-order valence-corrected chi connectivity index (χ2v) is 6.61. The molecule has 24 heavy (non-hydrogen) atoms. The molecule has 2 heterocycles. The van der Waals surface area contributed by atoms with Crippen LogP contribution in [-0.2, 0) is 11.3 Å². The number of carboxylic acid groups (broad SMARTS) is 1. The number of piperidine rings is 1. The fourth-order valence-electron chi connectivity index (χ4n) is 3.53. The Hall–Kier alpha value is -2.21. The van der Waals surface area contributed by atoms with E-state index in [-0.39, 0.29) is 23.8 Å². The fourth-order valence-corrected chi connectivity index (χ4v) is 3.53. The summed E-state index contributed by atoms with van der Waals surface area (Å²) in [5.41, 5.74) is 1.58. The third kappa shape index (κ3) is 3.48. The number of carboxylic acids is 1. The molecule has 1 aliphatic rings. The second-order valence-electron chi connectivity index (χ2n) is 6.61. The van der Waals surface area contributed by atoms with Crippen LogP contribution in [-0.4, -0.2) is 37.8 Å². The van der Waals surface area contributed by atoms with Crippen molar-refractivity contribution < 1.29 is 14.3 Å². The van der Waals surface area contributed by atoms with Gasteiger partial charge in [0, 0.05) is 24.8 Å². The zero-order valence-electron chi connectivity index (χ0n) is 13.9. The van der Waals surface area contributed by atoms with Crippen molar-refractivity contribution in [3.8, 4) is 5.69 Å². The molecule has 0 bridgehead atoms. The smallest absolute Gasteiger partial charge is 0.306 e. The molecule has 5 nitrogen and oxygen atoms in total. The van der Waals surface area contributed by atoms with Gasteiger partial charge in [-0.3, -0.25) is 9.69 Å². The van der Waals surface area contributed by atoms with Gasteiger partial charge in [-0.05, 0) is 51.0 Å². The Morgan fingerprint density at radius 2 is 2.00 bits per heavy atom. The molecule has 128 valence electrons. The van der Waals surface area contributed by atoms with Crippen molar-refractivity contribution in [1.82, 2.24) is 14.7 Å². The summed E-state index contributed by atoms with van der Waals surface area (Å²) in [5, 5.41) is 13.8. The van der Waals surface area contributed by atoms with Crippen molar-refractivity contribution in [3.63, 3.8) is 0 Å². The number of aliphatic carboxylic acids is 1. The maximum atomic E-state index is 13.3. The summed E-state index contributed by atoms with van der Waals surface area (Å²) in [6, 6.07) is 8.62. The summed E-state index contributed by atoms with van der Waals surface area (Å²) in [4.78, 5) is 13.5. The van der Waals surface area contributed by atoms with E-state index >= 15 is 0 Å². The molecule has 2 unspecified atom stereocenters. The van der Waals surface area contributed by atoms with E-state index in [1.165, 1.54) is 12.1 Å². The molecule has 0 aliphatic carbocycles. The predicted molar refractivity (Wildman–Crippen MR) is 88.3 cm³/mol. The van der Waals surface area contributed by atoms with Crippen LogP contribution >= 0.6 is 0 Å². The van der Waals surface area contributed by atoms with Gasteiger partial charge in [-0.2, -0.15) is 5.10 Å². The lowest BCUT2D eigenvalue weighted by Crippen LogP contribution is -2.47. The predicted octanol–water partition coefficient (Wildman–Crippen LogP) is 3.09. The summed E-state index contributed by atoms with van der Waals surface area (Å²) in [6.07, 6.45) is 3.14. The van der Waals surface area contributed by atoms with E-state index in [2.05, 4.69) is 23.8 Å². The van der Waals surface area contributed by atoms with Crippen molar-refractivity contribution in [3.05, 3.63) is 48.0 Å². The molecule has 3 rings (SSSR count). The highest BCUT2D eigenvalue weighted by molar-refractivity contribution is 5.70. The van der Waals surface area contributed by atoms with E-state index in [9.17, 15) is 14.3 Å². The summed E-state index contributed by atoms with van der Waals surface area (Å²) >= 11 is 0. The van der Waals surface area contributed by atoms with E-state index < -0.39 is 5.97 Å². The number of aromatic nitrogens is 2. The Kier molecular flexibility index (Phi) is 4.66. The van der Waals surface area contributed by atoms with Gasteiger partial charge < -0.3 is 5.11 Å². The number of hydrogen-bond acceptors (Lipinski definition) is 3. The highest BCUT2D eigenvalue weighted by Crippen LogP contribution is 2.29. The summed E-state index contributed by atoms with van der Waals surface area (Å²) in [7, 11) is 0. The van der Waals surface area contributed by atoms with Crippen LogP contribution in [0.2, 0.25) is 0 Å². The van der Waals surface area contributed by atoms with Crippen molar-refractivity contribution in [2.45, 2.75) is 45.3 Å². The first-order valence-corrected chi connectivity index (χ1v) is 8.23. The maximum absolute atomic E-state index is 13.3. The van der Waals surface area contributed by atoms with Crippen LogP contribution in [0.5, 0.6) is 0 Å². The van der Waals surface area contributed by atoms with Gasteiger partial charge in [0.15, 0.2) is 0 Å². The van der Waals surface area contributed by atoms with Gasteiger partial charge in [-0.1, -0.05) is 6.07 Å². The lowest BCUT2D eigenvalue weighted by atomic mass is 9.87. The molecule has 6 heteroatoms. The molecule has 0 amide bonds. The van der Waals surface area contributed by atoms with Crippen LogP contribution in [0.1, 0.15) is 32.4 Å². The van der Waals surface area contributed by atoms with E-state index in [1.54, 1.807) is 10.7 Å². The number of nitrogens with zero attached hydrogens (tertiary/aromatic N) is 3. The Balaban J connectivity index is 1.72. The highest BCUT2D eigenvalue weighted by Gasteiger charge is 2.34. The average molecular weight is 331 g/mol. The van der Waals surface area contributed by atoms with Crippen LogP contribution in [0.4, 0.5) is 4.39 Å². The molecular formula is C18H22FN3O2. The zero-order chi connectivity index (χ0) is 17.3. The molecular weight excluding hydrogens is 309 g/mol. The largest absolute Gasteiger partial charge is 0.481 e. The van der Waals surface area contributed by atoms with Crippen LogP contribution in [0.15, 0.2) is 36.5 Å². The standard InChI is InChI=1S/C18H22FN3O2/c1-12-8-14(18(23)24)9-13(2)21(12)11-16-6-7-22(20-16)17-5-3-4-15(19)10-17/h3-7,10,12-14H,8-9,11H2,1-2H3,(H,23,24). The van der Waals surface area contributed by atoms with E-state index in [0.29, 0.717) is 25.1 Å². The molecule has 1 aromatic heterocycles. The van der Waals surface area contributed by atoms with Crippen LogP contribution in [0.25, 0.3) is 5.69 Å². The molecule has 1 N–H and O–H groups in total. The third-order valence-corrected chi connectivity index (χ3v) is 4.79. The summed E-state index contributed by atoms with van der Waals surface area (Å²) in [6.45, 7) is 4.79. The first-order valence-electron chi connectivity index (χ1n) is 8.23. The van der Waals surface area contributed by atoms with Crippen LogP contribution < -0.4 is 0 Å². The molecule has 2 atom stereocenters. The van der Waals surface area contributed by atoms with Gasteiger partial charge in [0.2, 0.25) is 0 Å². The fraction of sp³-hybridized carbons (Fsp3) is 0.444. The number of halogens is 1. The highest BCUT2D eigenvalue weighted by atomic mass is 19.1. The van der Waals surface area contributed by atoms with Crippen LogP contribution in [0, 0.1) is 11.7 Å². The summed E-state index contributed by atoms with van der Waals surface area (Å²) in [5.74, 6) is -1.26. The lowest BCUT2D eigenvalue weighted by molar-refractivity contribution is -0.145.